The summed E-state index contributed by atoms with van der Waals surface area (Å²) in [7, 11) is 0. The Bertz CT molecular complexity index is 946. The van der Waals surface area contributed by atoms with Crippen molar-refractivity contribution in [2.45, 2.75) is 44.3 Å². The number of nitrogens with zero attached hydrogens (tertiary/aromatic N) is 1. The monoisotopic (exact) mass is 427 g/mol. The molecule has 8 heteroatoms. The minimum absolute atomic E-state index is 0.0538. The van der Waals surface area contributed by atoms with Crippen molar-refractivity contribution in [3.8, 4) is 0 Å². The van der Waals surface area contributed by atoms with E-state index in [-0.39, 0.29) is 35.6 Å². The SMILES string of the molecule is CC[C@@H](C)[C@H](NC(=O)[C@@H]1CS[C@H]2c3ccccc3C(=O)N12)C(=O)NCc1ccco1. The Morgan fingerprint density at radius 3 is 2.80 bits per heavy atom. The van der Waals surface area contributed by atoms with Gasteiger partial charge in [-0.2, -0.15) is 0 Å². The number of carbonyl (C=O) groups excluding carboxylic acids is 3. The largest absolute Gasteiger partial charge is 0.467 e. The molecule has 1 aromatic heterocycles. The number of carbonyl (C=O) groups is 3. The zero-order chi connectivity index (χ0) is 21.3. The van der Waals surface area contributed by atoms with Crippen LogP contribution in [0.4, 0.5) is 0 Å². The fourth-order valence-electron chi connectivity index (χ4n) is 3.89. The van der Waals surface area contributed by atoms with Crippen molar-refractivity contribution in [3.05, 3.63) is 59.5 Å². The van der Waals surface area contributed by atoms with Gasteiger partial charge in [0, 0.05) is 11.3 Å². The van der Waals surface area contributed by atoms with E-state index in [9.17, 15) is 14.4 Å². The maximum Gasteiger partial charge on any atom is 0.256 e. The Kier molecular flexibility index (Phi) is 5.85. The Labute approximate surface area is 179 Å². The summed E-state index contributed by atoms with van der Waals surface area (Å²) >= 11 is 1.59. The summed E-state index contributed by atoms with van der Waals surface area (Å²) in [6, 6.07) is 9.75. The quantitative estimate of drug-likeness (QED) is 0.709. The lowest BCUT2D eigenvalue weighted by atomic mass is 9.98. The van der Waals surface area contributed by atoms with Gasteiger partial charge in [0.1, 0.15) is 23.2 Å². The predicted octanol–water partition coefficient (Wildman–Crippen LogP) is 2.70. The number of benzene rings is 1. The summed E-state index contributed by atoms with van der Waals surface area (Å²) in [5.41, 5.74) is 1.61. The van der Waals surface area contributed by atoms with Gasteiger partial charge in [0.15, 0.2) is 0 Å². The van der Waals surface area contributed by atoms with Gasteiger partial charge in [-0.05, 0) is 29.7 Å². The van der Waals surface area contributed by atoms with Crippen molar-refractivity contribution in [1.82, 2.24) is 15.5 Å². The normalized spacial score (nSPS) is 21.7. The third kappa shape index (κ3) is 3.71. The first-order valence-electron chi connectivity index (χ1n) is 10.1. The Hall–Kier alpha value is -2.74. The maximum absolute atomic E-state index is 13.1. The molecule has 3 heterocycles. The zero-order valence-electron chi connectivity index (χ0n) is 17.0. The second-order valence-electron chi connectivity index (χ2n) is 7.67. The van der Waals surface area contributed by atoms with Crippen molar-refractivity contribution in [2.24, 2.45) is 5.92 Å². The minimum Gasteiger partial charge on any atom is -0.467 e. The van der Waals surface area contributed by atoms with Crippen molar-refractivity contribution in [3.63, 3.8) is 0 Å². The molecular weight excluding hydrogens is 402 g/mol. The number of rotatable bonds is 7. The van der Waals surface area contributed by atoms with Gasteiger partial charge in [-0.15, -0.1) is 11.8 Å². The Balaban J connectivity index is 1.45. The number of hydrogen-bond acceptors (Lipinski definition) is 5. The lowest BCUT2D eigenvalue weighted by molar-refractivity contribution is -0.132. The third-order valence-corrected chi connectivity index (χ3v) is 7.11. The van der Waals surface area contributed by atoms with Gasteiger partial charge in [0.25, 0.3) is 5.91 Å². The number of furan rings is 1. The molecule has 7 nitrogen and oxygen atoms in total. The van der Waals surface area contributed by atoms with E-state index in [1.165, 1.54) is 0 Å². The van der Waals surface area contributed by atoms with Crippen LogP contribution in [0.3, 0.4) is 0 Å². The molecule has 1 saturated heterocycles. The van der Waals surface area contributed by atoms with Gasteiger partial charge >= 0.3 is 0 Å². The molecule has 1 fully saturated rings. The standard InChI is InChI=1S/C22H25N3O4S/c1-3-13(2)18(20(27)23-11-14-7-6-10-29-14)24-19(26)17-12-30-22-16-9-5-4-8-15(16)21(28)25(17)22/h4-10,13,17-18,22H,3,11-12H2,1-2H3,(H,23,27)(H,24,26)/t13-,17+,18+,22+/m1/s1. The molecule has 2 N–H and O–H groups in total. The van der Waals surface area contributed by atoms with Gasteiger partial charge < -0.3 is 20.0 Å². The summed E-state index contributed by atoms with van der Waals surface area (Å²) in [6.45, 7) is 4.17. The molecule has 0 radical (unpaired) electrons. The molecule has 2 aliphatic heterocycles. The fourth-order valence-corrected chi connectivity index (χ4v) is 5.36. The van der Waals surface area contributed by atoms with Crippen LogP contribution in [0.5, 0.6) is 0 Å². The van der Waals surface area contributed by atoms with Crippen LogP contribution >= 0.6 is 11.8 Å². The molecule has 3 amide bonds. The van der Waals surface area contributed by atoms with Crippen LogP contribution in [0, 0.1) is 5.92 Å². The van der Waals surface area contributed by atoms with Crippen LogP contribution in [0.15, 0.2) is 47.1 Å². The highest BCUT2D eigenvalue weighted by Crippen LogP contribution is 2.48. The molecule has 4 atom stereocenters. The molecule has 0 spiro atoms. The minimum atomic E-state index is -0.679. The second kappa shape index (κ2) is 8.55. The van der Waals surface area contributed by atoms with E-state index >= 15 is 0 Å². The van der Waals surface area contributed by atoms with Crippen LogP contribution < -0.4 is 10.6 Å². The van der Waals surface area contributed by atoms with Crippen molar-refractivity contribution >= 4 is 29.5 Å². The Morgan fingerprint density at radius 2 is 2.07 bits per heavy atom. The summed E-state index contributed by atoms with van der Waals surface area (Å²) in [4.78, 5) is 40.5. The summed E-state index contributed by atoms with van der Waals surface area (Å²) in [5, 5.41) is 5.60. The molecule has 2 aromatic rings. The number of thioether (sulfide) groups is 1. The van der Waals surface area contributed by atoms with Gasteiger partial charge in [-0.1, -0.05) is 38.5 Å². The van der Waals surface area contributed by atoms with E-state index in [1.54, 1.807) is 41.1 Å². The predicted molar refractivity (Wildman–Crippen MR) is 114 cm³/mol. The average molecular weight is 428 g/mol. The first-order valence-corrected chi connectivity index (χ1v) is 11.2. The molecule has 0 unspecified atom stereocenters. The molecule has 1 aromatic carbocycles. The lowest BCUT2D eigenvalue weighted by Crippen LogP contribution is -2.55. The molecule has 158 valence electrons. The highest BCUT2D eigenvalue weighted by molar-refractivity contribution is 7.99. The van der Waals surface area contributed by atoms with Crippen LogP contribution in [0.1, 0.15) is 47.3 Å². The van der Waals surface area contributed by atoms with Crippen LogP contribution in [-0.2, 0) is 16.1 Å². The van der Waals surface area contributed by atoms with Gasteiger partial charge in [-0.25, -0.2) is 0 Å². The van der Waals surface area contributed by atoms with Gasteiger partial charge in [0.05, 0.1) is 12.8 Å². The van der Waals surface area contributed by atoms with Crippen molar-refractivity contribution in [2.75, 3.05) is 5.75 Å². The summed E-state index contributed by atoms with van der Waals surface area (Å²) < 4.78 is 5.25. The molecule has 4 rings (SSSR count). The van der Waals surface area contributed by atoms with Crippen molar-refractivity contribution < 1.29 is 18.8 Å². The molecular formula is C22H25N3O4S. The molecule has 30 heavy (non-hydrogen) atoms. The molecule has 0 bridgehead atoms. The van der Waals surface area contributed by atoms with E-state index in [0.29, 0.717) is 17.1 Å². The summed E-state index contributed by atoms with van der Waals surface area (Å²) in [5.74, 6) is 0.438. The molecule has 0 aliphatic carbocycles. The third-order valence-electron chi connectivity index (χ3n) is 5.80. The van der Waals surface area contributed by atoms with E-state index < -0.39 is 12.1 Å². The lowest BCUT2D eigenvalue weighted by Gasteiger charge is -2.27. The first kappa shape index (κ1) is 20.5. The maximum atomic E-state index is 13.1. The van der Waals surface area contributed by atoms with E-state index in [2.05, 4.69) is 10.6 Å². The first-order chi connectivity index (χ1) is 14.5. The second-order valence-corrected chi connectivity index (χ2v) is 8.78. The molecule has 0 saturated carbocycles. The van der Waals surface area contributed by atoms with E-state index in [0.717, 1.165) is 12.0 Å². The molecule has 2 aliphatic rings. The topological polar surface area (TPSA) is 91.7 Å². The highest BCUT2D eigenvalue weighted by Gasteiger charge is 2.48. The van der Waals surface area contributed by atoms with Crippen LogP contribution in [-0.4, -0.2) is 40.5 Å². The van der Waals surface area contributed by atoms with Gasteiger partial charge in [0.2, 0.25) is 11.8 Å². The number of nitrogens with one attached hydrogen (secondary N) is 2. The van der Waals surface area contributed by atoms with Crippen LogP contribution in [0.2, 0.25) is 0 Å². The van der Waals surface area contributed by atoms with Crippen molar-refractivity contribution in [1.29, 1.82) is 0 Å². The van der Waals surface area contributed by atoms with E-state index in [1.807, 2.05) is 32.0 Å². The van der Waals surface area contributed by atoms with E-state index in [4.69, 9.17) is 4.42 Å². The smallest absolute Gasteiger partial charge is 0.256 e. The zero-order valence-corrected chi connectivity index (χ0v) is 17.8. The number of hydrogen-bond donors (Lipinski definition) is 2. The highest BCUT2D eigenvalue weighted by atomic mass is 32.2. The van der Waals surface area contributed by atoms with Crippen LogP contribution in [0.25, 0.3) is 0 Å². The number of amides is 3. The Morgan fingerprint density at radius 1 is 1.27 bits per heavy atom. The van der Waals surface area contributed by atoms with Gasteiger partial charge in [-0.3, -0.25) is 14.4 Å². The summed E-state index contributed by atoms with van der Waals surface area (Å²) in [6.07, 6.45) is 2.28. The fraction of sp³-hybridized carbons (Fsp3) is 0.409. The average Bonchev–Trinajstić information content (AvgIpc) is 3.49. The number of fused-ring (bicyclic) bond motifs is 3.